The van der Waals surface area contributed by atoms with Crippen LogP contribution in [0.25, 0.3) is 17.2 Å². The summed E-state index contributed by atoms with van der Waals surface area (Å²) < 4.78 is 8.43. The Labute approximate surface area is 177 Å². The topological polar surface area (TPSA) is 20.3 Å². The molecule has 3 nitrogen and oxygen atoms in total. The molecule has 0 saturated carbocycles. The van der Waals surface area contributed by atoms with E-state index in [0.717, 1.165) is 31.0 Å². The van der Waals surface area contributed by atoms with E-state index < -0.39 is 0 Å². The third-order valence-corrected chi connectivity index (χ3v) is 6.35. The third kappa shape index (κ3) is 4.27. The highest BCUT2D eigenvalue weighted by atomic mass is 32.2. The van der Waals surface area contributed by atoms with Crippen LogP contribution < -0.4 is 9.47 Å². The molecule has 29 heavy (non-hydrogen) atoms. The maximum atomic E-state index is 6.14. The molecule has 1 aliphatic rings. The molecule has 0 aliphatic carbocycles. The zero-order valence-corrected chi connectivity index (χ0v) is 18.1. The standard InChI is InChI=1S/C25H29N2OS/c1-3-5-18-26-20-12-7-9-14-22(20)28-24(26)16-11-17-25-27(19-6-4-2)21-13-8-10-15-23(21)29-25/h7-17H,3-6,18-19H2,1-2H3/q+1. The molecule has 3 aromatic rings. The Morgan fingerprint density at radius 2 is 1.79 bits per heavy atom. The average Bonchev–Trinajstić information content (AvgIpc) is 3.28. The normalized spacial score (nSPS) is 15.1. The predicted molar refractivity (Wildman–Crippen MR) is 123 cm³/mol. The molecule has 0 unspecified atom stereocenters. The number of anilines is 1. The molecule has 1 aliphatic heterocycles. The summed E-state index contributed by atoms with van der Waals surface area (Å²) in [6.07, 6.45) is 11.2. The Hall–Kier alpha value is -2.46. The van der Waals surface area contributed by atoms with E-state index in [1.807, 2.05) is 23.9 Å². The highest BCUT2D eigenvalue weighted by Gasteiger charge is 2.24. The number of unbranched alkanes of at least 4 members (excludes halogenated alkanes) is 2. The van der Waals surface area contributed by atoms with Gasteiger partial charge in [-0.25, -0.2) is 0 Å². The summed E-state index contributed by atoms with van der Waals surface area (Å²) in [5.74, 6) is 0.914. The van der Waals surface area contributed by atoms with Gasteiger partial charge in [0.2, 0.25) is 5.58 Å². The van der Waals surface area contributed by atoms with Gasteiger partial charge in [-0.3, -0.25) is 0 Å². The largest absolute Gasteiger partial charge is 0.398 e. The summed E-state index contributed by atoms with van der Waals surface area (Å²) in [5, 5.41) is 1.28. The molecule has 0 bridgehead atoms. The van der Waals surface area contributed by atoms with Crippen LogP contribution in [0.1, 0.15) is 45.4 Å². The lowest BCUT2D eigenvalue weighted by Crippen LogP contribution is -2.35. The minimum Gasteiger partial charge on any atom is -0.398 e. The minimum absolute atomic E-state index is 0.914. The van der Waals surface area contributed by atoms with Crippen LogP contribution in [-0.2, 0) is 6.54 Å². The van der Waals surface area contributed by atoms with Gasteiger partial charge in [0.1, 0.15) is 0 Å². The van der Waals surface area contributed by atoms with Crippen molar-refractivity contribution < 1.29 is 8.98 Å². The summed E-state index contributed by atoms with van der Waals surface area (Å²) in [7, 11) is 0. The smallest absolute Gasteiger partial charge is 0.374 e. The van der Waals surface area contributed by atoms with Gasteiger partial charge >= 0.3 is 5.89 Å². The number of hydrogen-bond acceptors (Lipinski definition) is 3. The molecule has 4 heteroatoms. The van der Waals surface area contributed by atoms with Gasteiger partial charge in [0.05, 0.1) is 16.8 Å². The average molecular weight is 406 g/mol. The Kier molecular flexibility index (Phi) is 6.40. The first-order valence-corrected chi connectivity index (χ1v) is 11.5. The van der Waals surface area contributed by atoms with Gasteiger partial charge in [-0.05, 0) is 36.8 Å². The fourth-order valence-electron chi connectivity index (χ4n) is 3.66. The molecule has 150 valence electrons. The lowest BCUT2D eigenvalue weighted by atomic mass is 10.2. The zero-order valence-electron chi connectivity index (χ0n) is 17.3. The first-order chi connectivity index (χ1) is 14.3. The zero-order chi connectivity index (χ0) is 20.1. The number of fused-ring (bicyclic) bond motifs is 2. The highest BCUT2D eigenvalue weighted by Crippen LogP contribution is 2.45. The van der Waals surface area contributed by atoms with E-state index in [9.17, 15) is 0 Å². The quantitative estimate of drug-likeness (QED) is 0.385. The number of aromatic nitrogens is 1. The van der Waals surface area contributed by atoms with Gasteiger partial charge < -0.3 is 9.32 Å². The summed E-state index contributed by atoms with van der Waals surface area (Å²) in [4.78, 5) is 3.78. The van der Waals surface area contributed by atoms with Crippen molar-refractivity contribution in [2.75, 3.05) is 11.4 Å². The van der Waals surface area contributed by atoms with E-state index >= 15 is 0 Å². The van der Waals surface area contributed by atoms with Crippen LogP contribution in [0.5, 0.6) is 0 Å². The maximum Gasteiger partial charge on any atom is 0.374 e. The van der Waals surface area contributed by atoms with Crippen molar-refractivity contribution in [3.05, 3.63) is 71.6 Å². The molecule has 0 radical (unpaired) electrons. The van der Waals surface area contributed by atoms with Crippen molar-refractivity contribution in [3.8, 4) is 0 Å². The monoisotopic (exact) mass is 405 g/mol. The second-order valence-corrected chi connectivity index (χ2v) is 8.41. The molecular weight excluding hydrogens is 376 g/mol. The summed E-state index contributed by atoms with van der Waals surface area (Å²) >= 11 is 1.85. The maximum absolute atomic E-state index is 6.14. The van der Waals surface area contributed by atoms with Crippen LogP contribution in [0.2, 0.25) is 0 Å². The highest BCUT2D eigenvalue weighted by molar-refractivity contribution is 8.03. The van der Waals surface area contributed by atoms with Crippen LogP contribution in [0.3, 0.4) is 0 Å². The summed E-state index contributed by atoms with van der Waals surface area (Å²) in [6, 6.07) is 17.0. The van der Waals surface area contributed by atoms with Crippen molar-refractivity contribution in [1.29, 1.82) is 0 Å². The number of nitrogens with zero attached hydrogens (tertiary/aromatic N) is 2. The van der Waals surface area contributed by atoms with Crippen LogP contribution >= 0.6 is 11.8 Å². The first-order valence-electron chi connectivity index (χ1n) is 10.7. The second-order valence-electron chi connectivity index (χ2n) is 7.35. The van der Waals surface area contributed by atoms with Gasteiger partial charge in [-0.1, -0.05) is 62.7 Å². The van der Waals surface area contributed by atoms with Crippen LogP contribution in [0.15, 0.2) is 75.0 Å². The lowest BCUT2D eigenvalue weighted by Gasteiger charge is -2.19. The molecular formula is C25H29N2OS+. The number of thioether (sulfide) groups is 1. The SMILES string of the molecule is CCCCN1C(=CC=Cc2oc3ccccc3[n+]2CCCC)Sc2ccccc21. The molecule has 0 N–H and O–H groups in total. The molecule has 2 aromatic carbocycles. The summed E-state index contributed by atoms with van der Waals surface area (Å²) in [6.45, 7) is 6.51. The Morgan fingerprint density at radius 1 is 1.00 bits per heavy atom. The molecule has 0 fully saturated rings. The van der Waals surface area contributed by atoms with Crippen molar-refractivity contribution >= 4 is 34.6 Å². The van der Waals surface area contributed by atoms with E-state index in [-0.39, 0.29) is 0 Å². The van der Waals surface area contributed by atoms with Crippen LogP contribution in [0.4, 0.5) is 5.69 Å². The third-order valence-electron chi connectivity index (χ3n) is 5.22. The van der Waals surface area contributed by atoms with Gasteiger partial charge in [-0.2, -0.15) is 4.57 Å². The van der Waals surface area contributed by atoms with Gasteiger partial charge in [0.25, 0.3) is 5.52 Å². The van der Waals surface area contributed by atoms with Gasteiger partial charge in [0, 0.05) is 23.9 Å². The number of hydrogen-bond donors (Lipinski definition) is 0. The minimum atomic E-state index is 0.914. The van der Waals surface area contributed by atoms with E-state index in [4.69, 9.17) is 4.42 Å². The Morgan fingerprint density at radius 3 is 2.66 bits per heavy atom. The van der Waals surface area contributed by atoms with Crippen molar-refractivity contribution in [2.24, 2.45) is 0 Å². The van der Waals surface area contributed by atoms with Crippen LogP contribution in [0, 0.1) is 0 Å². The number of benzene rings is 2. The fraction of sp³-hybridized carbons (Fsp3) is 0.320. The van der Waals surface area contributed by atoms with E-state index in [1.54, 1.807) is 0 Å². The fourth-order valence-corrected chi connectivity index (χ4v) is 4.76. The Balaban J connectivity index is 1.61. The number of aryl methyl sites for hydroxylation is 1. The molecule has 2 heterocycles. The van der Waals surface area contributed by atoms with E-state index in [1.165, 1.54) is 40.4 Å². The molecule has 0 amide bonds. The number of oxazole rings is 1. The Bertz CT molecular complexity index is 1030. The number of para-hydroxylation sites is 3. The molecule has 0 saturated heterocycles. The first kappa shape index (κ1) is 19.8. The van der Waals surface area contributed by atoms with E-state index in [2.05, 4.69) is 77.9 Å². The van der Waals surface area contributed by atoms with Crippen LogP contribution in [-0.4, -0.2) is 6.54 Å². The van der Waals surface area contributed by atoms with Crippen molar-refractivity contribution in [2.45, 2.75) is 51.0 Å². The van der Waals surface area contributed by atoms with Crippen molar-refractivity contribution in [3.63, 3.8) is 0 Å². The molecule has 0 atom stereocenters. The number of allylic oxidation sites excluding steroid dienone is 2. The second kappa shape index (κ2) is 9.36. The number of rotatable bonds is 8. The lowest BCUT2D eigenvalue weighted by molar-refractivity contribution is -0.678. The van der Waals surface area contributed by atoms with Crippen molar-refractivity contribution in [1.82, 2.24) is 0 Å². The summed E-state index contributed by atoms with van der Waals surface area (Å²) in [5.41, 5.74) is 3.44. The molecule has 0 spiro atoms. The van der Waals surface area contributed by atoms with E-state index in [0.29, 0.717) is 0 Å². The van der Waals surface area contributed by atoms with Gasteiger partial charge in [0.15, 0.2) is 6.54 Å². The molecule has 1 aromatic heterocycles. The van der Waals surface area contributed by atoms with Gasteiger partial charge in [-0.15, -0.1) is 0 Å². The predicted octanol–water partition coefficient (Wildman–Crippen LogP) is 6.79. The molecule has 4 rings (SSSR count).